The van der Waals surface area contributed by atoms with Crippen molar-refractivity contribution >= 4 is 0 Å². The molecule has 1 aliphatic heterocycles. The average Bonchev–Trinajstić information content (AvgIpc) is 2.23. The molecule has 0 saturated heterocycles. The molecule has 0 bridgehead atoms. The summed E-state index contributed by atoms with van der Waals surface area (Å²) in [7, 11) is 0. The summed E-state index contributed by atoms with van der Waals surface area (Å²) in [5, 5.41) is 10.5. The Morgan fingerprint density at radius 3 is 3.07 bits per heavy atom. The standard InChI is InChI=1S/C11H13N3/c12-7-5-11-10-4-2-1-3-9(10)6-8-14(11)13/h1-4,11H,5-6,8,13H2. The van der Waals surface area contributed by atoms with E-state index in [1.807, 2.05) is 12.1 Å². The molecule has 3 nitrogen and oxygen atoms in total. The first-order valence-corrected chi connectivity index (χ1v) is 4.79. The number of hydrogen-bond donors (Lipinski definition) is 1. The number of nitrogens with two attached hydrogens (primary N) is 1. The lowest BCUT2D eigenvalue weighted by molar-refractivity contribution is 0.192. The minimum atomic E-state index is 0.0740. The zero-order chi connectivity index (χ0) is 9.97. The van der Waals surface area contributed by atoms with E-state index in [1.165, 1.54) is 11.1 Å². The number of nitriles is 1. The fourth-order valence-electron chi connectivity index (χ4n) is 1.98. The number of hydrogen-bond acceptors (Lipinski definition) is 3. The van der Waals surface area contributed by atoms with Crippen molar-refractivity contribution in [2.45, 2.75) is 18.9 Å². The monoisotopic (exact) mass is 187 g/mol. The van der Waals surface area contributed by atoms with E-state index in [2.05, 4.69) is 18.2 Å². The van der Waals surface area contributed by atoms with Gasteiger partial charge in [0.2, 0.25) is 0 Å². The van der Waals surface area contributed by atoms with Crippen molar-refractivity contribution in [3.8, 4) is 6.07 Å². The molecular weight excluding hydrogens is 174 g/mol. The molecule has 1 atom stereocenters. The van der Waals surface area contributed by atoms with Crippen molar-refractivity contribution in [2.24, 2.45) is 5.84 Å². The number of rotatable bonds is 1. The van der Waals surface area contributed by atoms with E-state index >= 15 is 0 Å². The maximum Gasteiger partial charge on any atom is 0.0642 e. The molecule has 2 rings (SSSR count). The molecule has 0 saturated carbocycles. The predicted octanol–water partition coefficient (Wildman–Crippen LogP) is 1.37. The Morgan fingerprint density at radius 2 is 2.29 bits per heavy atom. The molecule has 14 heavy (non-hydrogen) atoms. The summed E-state index contributed by atoms with van der Waals surface area (Å²) in [4.78, 5) is 0. The summed E-state index contributed by atoms with van der Waals surface area (Å²) in [5.41, 5.74) is 2.54. The molecule has 0 radical (unpaired) electrons. The van der Waals surface area contributed by atoms with Gasteiger partial charge >= 0.3 is 0 Å². The summed E-state index contributed by atoms with van der Waals surface area (Å²) in [6.45, 7) is 0.837. The average molecular weight is 187 g/mol. The highest BCUT2D eigenvalue weighted by molar-refractivity contribution is 5.32. The van der Waals surface area contributed by atoms with E-state index in [-0.39, 0.29) is 6.04 Å². The topological polar surface area (TPSA) is 53.0 Å². The summed E-state index contributed by atoms with van der Waals surface area (Å²) in [6, 6.07) is 10.5. The van der Waals surface area contributed by atoms with E-state index in [0.717, 1.165) is 13.0 Å². The number of fused-ring (bicyclic) bond motifs is 1. The first kappa shape index (κ1) is 9.20. The lowest BCUT2D eigenvalue weighted by atomic mass is 9.92. The SMILES string of the molecule is N#CCC1c2ccccc2CCN1N. The van der Waals surface area contributed by atoms with Crippen LogP contribution in [0.25, 0.3) is 0 Å². The minimum absolute atomic E-state index is 0.0740. The summed E-state index contributed by atoms with van der Waals surface area (Å²) < 4.78 is 0. The summed E-state index contributed by atoms with van der Waals surface area (Å²) in [5.74, 6) is 5.86. The molecule has 1 unspecified atom stereocenters. The van der Waals surface area contributed by atoms with Crippen LogP contribution in [0.2, 0.25) is 0 Å². The highest BCUT2D eigenvalue weighted by Gasteiger charge is 2.24. The van der Waals surface area contributed by atoms with Crippen molar-refractivity contribution in [1.29, 1.82) is 5.26 Å². The number of nitrogens with zero attached hydrogens (tertiary/aromatic N) is 2. The van der Waals surface area contributed by atoms with E-state index in [1.54, 1.807) is 5.01 Å². The molecule has 0 spiro atoms. The first-order valence-electron chi connectivity index (χ1n) is 4.79. The van der Waals surface area contributed by atoms with Gasteiger partial charge in [0.1, 0.15) is 0 Å². The van der Waals surface area contributed by atoms with E-state index in [4.69, 9.17) is 11.1 Å². The normalized spacial score (nSPS) is 21.3. The molecule has 1 heterocycles. The maximum absolute atomic E-state index is 8.73. The van der Waals surface area contributed by atoms with Gasteiger partial charge in [-0.3, -0.25) is 5.84 Å². The third-order valence-electron chi connectivity index (χ3n) is 2.74. The third kappa shape index (κ3) is 1.50. The Kier molecular flexibility index (Phi) is 2.49. The van der Waals surface area contributed by atoms with Crippen LogP contribution in [0.15, 0.2) is 24.3 Å². The summed E-state index contributed by atoms with van der Waals surface area (Å²) in [6.07, 6.45) is 1.45. The Morgan fingerprint density at radius 1 is 1.50 bits per heavy atom. The van der Waals surface area contributed by atoms with Crippen LogP contribution in [-0.4, -0.2) is 11.6 Å². The van der Waals surface area contributed by atoms with Crippen molar-refractivity contribution in [2.75, 3.05) is 6.54 Å². The minimum Gasteiger partial charge on any atom is -0.268 e. The molecule has 0 aromatic heterocycles. The summed E-state index contributed by atoms with van der Waals surface area (Å²) >= 11 is 0. The third-order valence-corrected chi connectivity index (χ3v) is 2.74. The van der Waals surface area contributed by atoms with Crippen molar-refractivity contribution in [3.63, 3.8) is 0 Å². The van der Waals surface area contributed by atoms with Gasteiger partial charge < -0.3 is 0 Å². The molecule has 1 aromatic rings. The van der Waals surface area contributed by atoms with Gasteiger partial charge in [0.25, 0.3) is 0 Å². The van der Waals surface area contributed by atoms with Gasteiger partial charge in [-0.25, -0.2) is 5.01 Å². The molecular formula is C11H13N3. The van der Waals surface area contributed by atoms with Gasteiger partial charge in [-0.15, -0.1) is 0 Å². The van der Waals surface area contributed by atoms with E-state index in [0.29, 0.717) is 6.42 Å². The largest absolute Gasteiger partial charge is 0.268 e. The second kappa shape index (κ2) is 3.79. The Balaban J connectivity index is 2.37. The highest BCUT2D eigenvalue weighted by Crippen LogP contribution is 2.29. The van der Waals surface area contributed by atoms with Gasteiger partial charge in [-0.05, 0) is 17.5 Å². The van der Waals surface area contributed by atoms with Crippen LogP contribution in [0.5, 0.6) is 0 Å². The van der Waals surface area contributed by atoms with Gasteiger partial charge in [-0.1, -0.05) is 24.3 Å². The van der Waals surface area contributed by atoms with Crippen LogP contribution in [0.3, 0.4) is 0 Å². The van der Waals surface area contributed by atoms with Crippen molar-refractivity contribution in [3.05, 3.63) is 35.4 Å². The van der Waals surface area contributed by atoms with Crippen LogP contribution in [-0.2, 0) is 6.42 Å². The van der Waals surface area contributed by atoms with Gasteiger partial charge in [0.15, 0.2) is 0 Å². The van der Waals surface area contributed by atoms with Crippen molar-refractivity contribution in [1.82, 2.24) is 5.01 Å². The van der Waals surface area contributed by atoms with Crippen LogP contribution < -0.4 is 5.84 Å². The molecule has 1 aliphatic rings. The second-order valence-electron chi connectivity index (χ2n) is 3.56. The van der Waals surface area contributed by atoms with Gasteiger partial charge in [0.05, 0.1) is 18.5 Å². The van der Waals surface area contributed by atoms with Crippen LogP contribution in [0, 0.1) is 11.3 Å². The molecule has 0 amide bonds. The molecule has 0 fully saturated rings. The molecule has 3 heteroatoms. The predicted molar refractivity (Wildman–Crippen MR) is 54.0 cm³/mol. The number of benzene rings is 1. The molecule has 72 valence electrons. The highest BCUT2D eigenvalue weighted by atomic mass is 15.4. The molecule has 0 aliphatic carbocycles. The molecule has 2 N–H and O–H groups in total. The molecule has 1 aromatic carbocycles. The fourth-order valence-corrected chi connectivity index (χ4v) is 1.98. The van der Waals surface area contributed by atoms with Gasteiger partial charge in [0, 0.05) is 6.54 Å². The smallest absolute Gasteiger partial charge is 0.0642 e. The number of hydrazine groups is 1. The van der Waals surface area contributed by atoms with E-state index in [9.17, 15) is 0 Å². The quantitative estimate of drug-likeness (QED) is 0.676. The second-order valence-corrected chi connectivity index (χ2v) is 3.56. The Labute approximate surface area is 83.7 Å². The maximum atomic E-state index is 8.73. The lowest BCUT2D eigenvalue weighted by Gasteiger charge is -2.32. The van der Waals surface area contributed by atoms with Crippen LogP contribution in [0.4, 0.5) is 0 Å². The fraction of sp³-hybridized carbons (Fsp3) is 0.364. The van der Waals surface area contributed by atoms with Crippen LogP contribution >= 0.6 is 0 Å². The lowest BCUT2D eigenvalue weighted by Crippen LogP contribution is -2.40. The Bertz CT molecular complexity index is 367. The van der Waals surface area contributed by atoms with E-state index < -0.39 is 0 Å². The van der Waals surface area contributed by atoms with Crippen LogP contribution in [0.1, 0.15) is 23.6 Å². The van der Waals surface area contributed by atoms with Gasteiger partial charge in [-0.2, -0.15) is 5.26 Å². The zero-order valence-electron chi connectivity index (χ0n) is 7.98. The Hall–Kier alpha value is -1.37. The first-order chi connectivity index (χ1) is 6.83. The zero-order valence-corrected chi connectivity index (χ0v) is 7.98. The van der Waals surface area contributed by atoms with Crippen molar-refractivity contribution < 1.29 is 0 Å².